The number of carbonyl (C=O) groups excluding carboxylic acids is 2. The number of rotatable bonds is 11. The molecule has 1 amide bonds. The van der Waals surface area contributed by atoms with Gasteiger partial charge in [-0.15, -0.1) is 0 Å². The minimum absolute atomic E-state index is 0.136. The number of aliphatic imine (C=N–C) groups is 1. The van der Waals surface area contributed by atoms with Crippen LogP contribution in [0.1, 0.15) is 18.4 Å². The summed E-state index contributed by atoms with van der Waals surface area (Å²) >= 11 is 0. The molecule has 196 valence electrons. The summed E-state index contributed by atoms with van der Waals surface area (Å²) in [6, 6.07) is 2.08. The molecule has 1 aromatic heterocycles. The van der Waals surface area contributed by atoms with Gasteiger partial charge in [-0.05, 0) is 43.2 Å². The van der Waals surface area contributed by atoms with Crippen LogP contribution in [0.15, 0.2) is 51.2 Å². The summed E-state index contributed by atoms with van der Waals surface area (Å²) < 4.78 is 80.9. The number of nitrogens with zero attached hydrogens (tertiary/aromatic N) is 2. The first-order valence-corrected chi connectivity index (χ1v) is 11.6. The molecule has 36 heavy (non-hydrogen) atoms. The summed E-state index contributed by atoms with van der Waals surface area (Å²) in [5.74, 6) is -2.15. The maximum atomic E-state index is 13.5. The van der Waals surface area contributed by atoms with Crippen LogP contribution in [0, 0.1) is 5.82 Å². The largest absolute Gasteiger partial charge is 0.417 e. The fourth-order valence-electron chi connectivity index (χ4n) is 2.99. The van der Waals surface area contributed by atoms with Gasteiger partial charge >= 0.3 is 6.18 Å². The monoisotopic (exact) mass is 534 g/mol. The highest BCUT2D eigenvalue weighted by Crippen LogP contribution is 2.35. The molecular weight excluding hydrogens is 512 g/mol. The van der Waals surface area contributed by atoms with E-state index >= 15 is 0 Å². The van der Waals surface area contributed by atoms with Crippen LogP contribution in [0.4, 0.5) is 23.2 Å². The number of pyridine rings is 1. The van der Waals surface area contributed by atoms with Crippen molar-refractivity contribution in [3.63, 3.8) is 0 Å². The molecule has 11 nitrogen and oxygen atoms in total. The Labute approximate surface area is 202 Å². The summed E-state index contributed by atoms with van der Waals surface area (Å²) in [6.07, 6.45) is -2.98. The summed E-state index contributed by atoms with van der Waals surface area (Å²) in [6.45, 7) is -0.425. The van der Waals surface area contributed by atoms with Gasteiger partial charge in [-0.25, -0.2) is 12.8 Å². The second-order valence-corrected chi connectivity index (χ2v) is 9.01. The van der Waals surface area contributed by atoms with Crippen molar-refractivity contribution in [2.24, 2.45) is 16.5 Å². The molecule has 0 aliphatic heterocycles. The number of guanidine groups is 1. The van der Waals surface area contributed by atoms with E-state index in [0.29, 0.717) is 18.8 Å². The summed E-state index contributed by atoms with van der Waals surface area (Å²) in [4.78, 5) is 38.4. The van der Waals surface area contributed by atoms with Crippen molar-refractivity contribution in [3.8, 4) is 0 Å². The number of alkyl halides is 3. The van der Waals surface area contributed by atoms with Crippen LogP contribution in [-0.2, 0) is 32.3 Å². The SMILES string of the molecule is NC(N)=NCCCC(C=O)NC(=O)Cn1cccc(NS(=O)(=O)c2cc(F)ccc2C(F)(F)F)c1=O. The van der Waals surface area contributed by atoms with Gasteiger partial charge in [-0.2, -0.15) is 13.2 Å². The number of hydrogen-bond donors (Lipinski definition) is 4. The predicted molar refractivity (Wildman–Crippen MR) is 121 cm³/mol. The number of carbonyl (C=O) groups is 2. The van der Waals surface area contributed by atoms with Gasteiger partial charge in [0.15, 0.2) is 5.96 Å². The fourth-order valence-corrected chi connectivity index (χ4v) is 4.29. The number of anilines is 1. The van der Waals surface area contributed by atoms with Gasteiger partial charge in [0.1, 0.15) is 29.2 Å². The van der Waals surface area contributed by atoms with Crippen LogP contribution in [0.2, 0.25) is 0 Å². The van der Waals surface area contributed by atoms with E-state index < -0.39 is 62.2 Å². The molecule has 16 heteroatoms. The van der Waals surface area contributed by atoms with Gasteiger partial charge in [-0.3, -0.25) is 19.3 Å². The molecule has 1 aromatic carbocycles. The quantitative estimate of drug-likeness (QED) is 0.107. The number of aromatic nitrogens is 1. The molecule has 1 unspecified atom stereocenters. The van der Waals surface area contributed by atoms with Crippen LogP contribution >= 0.6 is 0 Å². The summed E-state index contributed by atoms with van der Waals surface area (Å²) in [5.41, 5.74) is 6.98. The molecule has 0 saturated heterocycles. The topological polar surface area (TPSA) is 179 Å². The Balaban J connectivity index is 2.20. The number of nitrogens with two attached hydrogens (primary N) is 2. The zero-order chi connectivity index (χ0) is 27.1. The number of amides is 1. The standard InChI is InChI=1S/C20H22F4N6O5S/c21-12-5-6-14(20(22,23)24)16(9-12)36(34,35)29-15-4-2-8-30(18(15)33)10-17(32)28-13(11-31)3-1-7-27-19(25)26/h2,4-6,8-9,11,13,29H,1,3,7,10H2,(H,28,32)(H4,25,26,27). The highest BCUT2D eigenvalue weighted by molar-refractivity contribution is 7.92. The number of aldehydes is 1. The van der Waals surface area contributed by atoms with Crippen molar-refractivity contribution in [2.45, 2.75) is 36.5 Å². The third-order valence-electron chi connectivity index (χ3n) is 4.60. The molecule has 0 aliphatic rings. The first-order valence-electron chi connectivity index (χ1n) is 10.1. The lowest BCUT2D eigenvalue weighted by Crippen LogP contribution is -2.40. The minimum Gasteiger partial charge on any atom is -0.370 e. The van der Waals surface area contributed by atoms with E-state index in [-0.39, 0.29) is 31.1 Å². The number of hydrogen-bond acceptors (Lipinski definition) is 6. The van der Waals surface area contributed by atoms with E-state index in [1.54, 1.807) is 4.72 Å². The third kappa shape index (κ3) is 7.79. The highest BCUT2D eigenvalue weighted by Gasteiger charge is 2.37. The molecule has 6 N–H and O–H groups in total. The van der Waals surface area contributed by atoms with Crippen LogP contribution in [0.25, 0.3) is 0 Å². The Hall–Kier alpha value is -3.95. The highest BCUT2D eigenvalue weighted by atomic mass is 32.2. The van der Waals surface area contributed by atoms with Crippen molar-refractivity contribution in [1.82, 2.24) is 9.88 Å². The summed E-state index contributed by atoms with van der Waals surface area (Å²) in [5, 5.41) is 2.37. The average molecular weight is 534 g/mol. The third-order valence-corrected chi connectivity index (χ3v) is 6.00. The van der Waals surface area contributed by atoms with E-state index in [1.165, 1.54) is 0 Å². The second-order valence-electron chi connectivity index (χ2n) is 7.36. The molecular formula is C20H22F4N6O5S. The molecule has 0 bridgehead atoms. The number of halogens is 4. The van der Waals surface area contributed by atoms with Crippen LogP contribution in [0.5, 0.6) is 0 Å². The summed E-state index contributed by atoms with van der Waals surface area (Å²) in [7, 11) is -5.06. The van der Waals surface area contributed by atoms with Crippen molar-refractivity contribution in [2.75, 3.05) is 11.3 Å². The predicted octanol–water partition coefficient (Wildman–Crippen LogP) is 0.544. The van der Waals surface area contributed by atoms with Crippen molar-refractivity contribution >= 4 is 33.9 Å². The van der Waals surface area contributed by atoms with E-state index in [2.05, 4.69) is 10.3 Å². The van der Waals surface area contributed by atoms with Crippen LogP contribution in [-0.4, -0.2) is 43.7 Å². The number of sulfonamides is 1. The molecule has 1 heterocycles. The van der Waals surface area contributed by atoms with Crippen molar-refractivity contribution in [3.05, 3.63) is 58.3 Å². The maximum Gasteiger partial charge on any atom is 0.417 e. The number of benzene rings is 1. The normalized spacial score (nSPS) is 12.4. The molecule has 1 atom stereocenters. The lowest BCUT2D eigenvalue weighted by atomic mass is 10.2. The van der Waals surface area contributed by atoms with E-state index in [9.17, 15) is 40.4 Å². The van der Waals surface area contributed by atoms with Gasteiger partial charge in [0, 0.05) is 12.7 Å². The molecule has 0 fully saturated rings. The van der Waals surface area contributed by atoms with Crippen LogP contribution in [0.3, 0.4) is 0 Å². The molecule has 0 aliphatic carbocycles. The Morgan fingerprint density at radius 1 is 1.22 bits per heavy atom. The van der Waals surface area contributed by atoms with Crippen LogP contribution < -0.4 is 27.1 Å². The number of nitrogens with one attached hydrogen (secondary N) is 2. The smallest absolute Gasteiger partial charge is 0.370 e. The Morgan fingerprint density at radius 2 is 1.92 bits per heavy atom. The molecule has 0 radical (unpaired) electrons. The fraction of sp³-hybridized carbons (Fsp3) is 0.300. The average Bonchev–Trinajstić information content (AvgIpc) is 2.77. The van der Waals surface area contributed by atoms with Gasteiger partial charge in [-0.1, -0.05) is 0 Å². The molecule has 0 spiro atoms. The maximum absolute atomic E-state index is 13.5. The first kappa shape index (κ1) is 28.3. The Kier molecular flexibility index (Phi) is 9.16. The zero-order valence-electron chi connectivity index (χ0n) is 18.5. The molecule has 0 saturated carbocycles. The van der Waals surface area contributed by atoms with E-state index in [4.69, 9.17) is 11.5 Å². The van der Waals surface area contributed by atoms with E-state index in [0.717, 1.165) is 22.9 Å². The Morgan fingerprint density at radius 3 is 2.53 bits per heavy atom. The van der Waals surface area contributed by atoms with Gasteiger partial charge in [0.2, 0.25) is 5.91 Å². The van der Waals surface area contributed by atoms with Crippen molar-refractivity contribution < 1.29 is 35.6 Å². The van der Waals surface area contributed by atoms with Gasteiger partial charge < -0.3 is 26.1 Å². The zero-order valence-corrected chi connectivity index (χ0v) is 19.3. The second kappa shape index (κ2) is 11.7. The van der Waals surface area contributed by atoms with Gasteiger partial charge in [0.05, 0.1) is 11.6 Å². The first-order chi connectivity index (χ1) is 16.7. The Bertz CT molecular complexity index is 1310. The van der Waals surface area contributed by atoms with Gasteiger partial charge in [0.25, 0.3) is 15.6 Å². The molecule has 2 rings (SSSR count). The minimum atomic E-state index is -5.12. The van der Waals surface area contributed by atoms with Crippen molar-refractivity contribution in [1.29, 1.82) is 0 Å². The van der Waals surface area contributed by atoms with E-state index in [1.807, 2.05) is 0 Å². The molecule has 2 aromatic rings. The lowest BCUT2D eigenvalue weighted by molar-refractivity contribution is -0.140. The lowest BCUT2D eigenvalue weighted by Gasteiger charge is -2.15.